The van der Waals surface area contributed by atoms with Crippen molar-refractivity contribution in [3.05, 3.63) is 16.6 Å². The van der Waals surface area contributed by atoms with Crippen molar-refractivity contribution < 1.29 is 0 Å². The molecule has 2 rings (SSSR count). The molecule has 0 spiro atoms. The Balaban J connectivity index is 2.01. The average Bonchev–Trinajstić information content (AvgIpc) is 2.88. The molecular formula is C12H20N2S. The van der Waals surface area contributed by atoms with Gasteiger partial charge in [-0.05, 0) is 25.2 Å². The SMILES string of the molecule is CCCC(C)C(NC1CC1)c1nccs1. The Hall–Kier alpha value is -0.410. The number of nitrogens with zero attached hydrogens (tertiary/aromatic N) is 1. The first-order chi connectivity index (χ1) is 7.31. The van der Waals surface area contributed by atoms with E-state index in [-0.39, 0.29) is 0 Å². The minimum Gasteiger partial charge on any atom is -0.305 e. The van der Waals surface area contributed by atoms with Crippen molar-refractivity contribution in [2.45, 2.75) is 51.6 Å². The van der Waals surface area contributed by atoms with Gasteiger partial charge in [-0.25, -0.2) is 4.98 Å². The molecule has 1 aromatic heterocycles. The molecule has 0 saturated heterocycles. The van der Waals surface area contributed by atoms with Crippen LogP contribution in [0.1, 0.15) is 50.6 Å². The van der Waals surface area contributed by atoms with E-state index in [4.69, 9.17) is 0 Å². The molecule has 2 unspecified atom stereocenters. The maximum Gasteiger partial charge on any atom is 0.110 e. The van der Waals surface area contributed by atoms with E-state index < -0.39 is 0 Å². The zero-order valence-corrected chi connectivity index (χ0v) is 10.4. The van der Waals surface area contributed by atoms with Crippen molar-refractivity contribution in [1.29, 1.82) is 0 Å². The quantitative estimate of drug-likeness (QED) is 0.801. The van der Waals surface area contributed by atoms with Crippen LogP contribution in [0.2, 0.25) is 0 Å². The standard InChI is InChI=1S/C12H20N2S/c1-3-4-9(2)11(14-10-5-6-10)12-13-7-8-15-12/h7-11,14H,3-6H2,1-2H3. The predicted octanol–water partition coefficient (Wildman–Crippen LogP) is 3.37. The van der Waals surface area contributed by atoms with Crippen molar-refractivity contribution in [3.63, 3.8) is 0 Å². The third-order valence-electron chi connectivity index (χ3n) is 3.02. The third kappa shape index (κ3) is 3.02. The van der Waals surface area contributed by atoms with E-state index in [0.29, 0.717) is 12.0 Å². The zero-order chi connectivity index (χ0) is 10.7. The fourth-order valence-corrected chi connectivity index (χ4v) is 2.82. The number of hydrogen-bond acceptors (Lipinski definition) is 3. The molecule has 3 heteroatoms. The molecule has 1 heterocycles. The van der Waals surface area contributed by atoms with Gasteiger partial charge in [-0.15, -0.1) is 11.3 Å². The van der Waals surface area contributed by atoms with Crippen molar-refractivity contribution in [1.82, 2.24) is 10.3 Å². The first kappa shape index (κ1) is 11.1. The molecular weight excluding hydrogens is 204 g/mol. The summed E-state index contributed by atoms with van der Waals surface area (Å²) in [5.74, 6) is 0.696. The van der Waals surface area contributed by atoms with Crippen LogP contribution in [0.5, 0.6) is 0 Å². The van der Waals surface area contributed by atoms with Crippen LogP contribution < -0.4 is 5.32 Å². The molecule has 1 saturated carbocycles. The summed E-state index contributed by atoms with van der Waals surface area (Å²) in [4.78, 5) is 4.46. The van der Waals surface area contributed by atoms with Crippen LogP contribution in [0.3, 0.4) is 0 Å². The second-order valence-electron chi connectivity index (χ2n) is 4.55. The topological polar surface area (TPSA) is 24.9 Å². The van der Waals surface area contributed by atoms with Crippen molar-refractivity contribution in [2.24, 2.45) is 5.92 Å². The van der Waals surface area contributed by atoms with Gasteiger partial charge in [0.25, 0.3) is 0 Å². The number of aromatic nitrogens is 1. The number of nitrogens with one attached hydrogen (secondary N) is 1. The molecule has 0 aromatic carbocycles. The number of hydrogen-bond donors (Lipinski definition) is 1. The summed E-state index contributed by atoms with van der Waals surface area (Å²) >= 11 is 1.78. The van der Waals surface area contributed by atoms with Gasteiger partial charge in [0.05, 0.1) is 6.04 Å². The van der Waals surface area contributed by atoms with Gasteiger partial charge in [-0.2, -0.15) is 0 Å². The lowest BCUT2D eigenvalue weighted by Crippen LogP contribution is -2.28. The van der Waals surface area contributed by atoms with Gasteiger partial charge in [-0.1, -0.05) is 20.3 Å². The summed E-state index contributed by atoms with van der Waals surface area (Å²) in [6, 6.07) is 1.25. The highest BCUT2D eigenvalue weighted by atomic mass is 32.1. The summed E-state index contributed by atoms with van der Waals surface area (Å²) in [7, 11) is 0. The average molecular weight is 224 g/mol. The Morgan fingerprint density at radius 1 is 1.60 bits per heavy atom. The molecule has 1 N–H and O–H groups in total. The maximum absolute atomic E-state index is 4.46. The predicted molar refractivity (Wildman–Crippen MR) is 65.1 cm³/mol. The second-order valence-corrected chi connectivity index (χ2v) is 5.48. The summed E-state index contributed by atoms with van der Waals surface area (Å²) < 4.78 is 0. The molecule has 15 heavy (non-hydrogen) atoms. The van der Waals surface area contributed by atoms with Crippen LogP contribution >= 0.6 is 11.3 Å². The van der Waals surface area contributed by atoms with Crippen LogP contribution in [-0.2, 0) is 0 Å². The van der Waals surface area contributed by atoms with Crippen LogP contribution in [0.4, 0.5) is 0 Å². The van der Waals surface area contributed by atoms with E-state index in [9.17, 15) is 0 Å². The molecule has 1 aromatic rings. The fraction of sp³-hybridized carbons (Fsp3) is 0.750. The zero-order valence-electron chi connectivity index (χ0n) is 9.57. The molecule has 1 aliphatic carbocycles. The van der Waals surface area contributed by atoms with Gasteiger partial charge >= 0.3 is 0 Å². The van der Waals surface area contributed by atoms with Crippen LogP contribution in [0, 0.1) is 5.92 Å². The molecule has 2 atom stereocenters. The Morgan fingerprint density at radius 3 is 2.93 bits per heavy atom. The lowest BCUT2D eigenvalue weighted by atomic mass is 9.97. The highest BCUT2D eigenvalue weighted by molar-refractivity contribution is 7.09. The number of thiazole rings is 1. The lowest BCUT2D eigenvalue weighted by Gasteiger charge is -2.23. The minimum absolute atomic E-state index is 0.484. The van der Waals surface area contributed by atoms with Crippen LogP contribution in [-0.4, -0.2) is 11.0 Å². The van der Waals surface area contributed by atoms with Crippen molar-refractivity contribution in [3.8, 4) is 0 Å². The second kappa shape index (κ2) is 5.08. The largest absolute Gasteiger partial charge is 0.305 e. The monoisotopic (exact) mass is 224 g/mol. The molecule has 1 aliphatic rings. The summed E-state index contributed by atoms with van der Waals surface area (Å²) in [6.45, 7) is 4.59. The molecule has 84 valence electrons. The minimum atomic E-state index is 0.484. The van der Waals surface area contributed by atoms with E-state index >= 15 is 0 Å². The van der Waals surface area contributed by atoms with Gasteiger partial charge in [-0.3, -0.25) is 0 Å². The Morgan fingerprint density at radius 2 is 2.40 bits per heavy atom. The highest BCUT2D eigenvalue weighted by Gasteiger charge is 2.29. The van der Waals surface area contributed by atoms with E-state index in [1.165, 1.54) is 30.7 Å². The van der Waals surface area contributed by atoms with E-state index in [2.05, 4.69) is 29.5 Å². The number of rotatable bonds is 6. The third-order valence-corrected chi connectivity index (χ3v) is 3.88. The molecule has 2 nitrogen and oxygen atoms in total. The first-order valence-electron chi connectivity index (χ1n) is 5.96. The molecule has 1 fully saturated rings. The smallest absolute Gasteiger partial charge is 0.110 e. The molecule has 0 aliphatic heterocycles. The van der Waals surface area contributed by atoms with Gasteiger partial charge in [0.2, 0.25) is 0 Å². The molecule has 0 bridgehead atoms. The lowest BCUT2D eigenvalue weighted by molar-refractivity contribution is 0.359. The molecule has 0 radical (unpaired) electrons. The Kier molecular flexibility index (Phi) is 3.76. The van der Waals surface area contributed by atoms with Crippen molar-refractivity contribution >= 4 is 11.3 Å². The van der Waals surface area contributed by atoms with Crippen LogP contribution in [0.25, 0.3) is 0 Å². The molecule has 0 amide bonds. The first-order valence-corrected chi connectivity index (χ1v) is 6.84. The Labute approximate surface area is 96.1 Å². The van der Waals surface area contributed by atoms with Gasteiger partial charge in [0, 0.05) is 17.6 Å². The van der Waals surface area contributed by atoms with Gasteiger partial charge in [0.1, 0.15) is 5.01 Å². The maximum atomic E-state index is 4.46. The van der Waals surface area contributed by atoms with Crippen LogP contribution in [0.15, 0.2) is 11.6 Å². The Bertz CT molecular complexity index is 280. The summed E-state index contributed by atoms with van der Waals surface area (Å²) in [5, 5.41) is 7.07. The highest BCUT2D eigenvalue weighted by Crippen LogP contribution is 2.31. The van der Waals surface area contributed by atoms with E-state index in [1.807, 2.05) is 6.20 Å². The van der Waals surface area contributed by atoms with Gasteiger partial charge in [0.15, 0.2) is 0 Å². The summed E-state index contributed by atoms with van der Waals surface area (Å²) in [5.41, 5.74) is 0. The van der Waals surface area contributed by atoms with E-state index in [1.54, 1.807) is 11.3 Å². The van der Waals surface area contributed by atoms with E-state index in [0.717, 1.165) is 6.04 Å². The summed E-state index contributed by atoms with van der Waals surface area (Å²) in [6.07, 6.45) is 7.15. The normalized spacial score (nSPS) is 20.1. The fourth-order valence-electron chi connectivity index (χ4n) is 1.99. The van der Waals surface area contributed by atoms with Gasteiger partial charge < -0.3 is 5.32 Å². The van der Waals surface area contributed by atoms with Crippen molar-refractivity contribution in [2.75, 3.05) is 0 Å².